The van der Waals surface area contributed by atoms with Gasteiger partial charge in [0.15, 0.2) is 5.82 Å². The monoisotopic (exact) mass is 339 g/mol. The van der Waals surface area contributed by atoms with Gasteiger partial charge >= 0.3 is 0 Å². The number of anilines is 1. The molecular formula is C13H14IN3. The summed E-state index contributed by atoms with van der Waals surface area (Å²) in [6, 6.07) is 9.96. The first-order chi connectivity index (χ1) is 8.19. The van der Waals surface area contributed by atoms with E-state index in [9.17, 15) is 0 Å². The van der Waals surface area contributed by atoms with Crippen molar-refractivity contribution in [3.05, 3.63) is 39.6 Å². The lowest BCUT2D eigenvalue weighted by Gasteiger charge is -2.05. The van der Waals surface area contributed by atoms with Crippen LogP contribution < -0.4 is 5.73 Å². The van der Waals surface area contributed by atoms with E-state index < -0.39 is 0 Å². The molecule has 0 aliphatic rings. The van der Waals surface area contributed by atoms with Crippen molar-refractivity contribution in [2.75, 3.05) is 5.73 Å². The minimum absolute atomic E-state index is 0.539. The highest BCUT2D eigenvalue weighted by molar-refractivity contribution is 14.1. The van der Waals surface area contributed by atoms with E-state index in [4.69, 9.17) is 5.73 Å². The Morgan fingerprint density at radius 1 is 1.24 bits per heavy atom. The van der Waals surface area contributed by atoms with Crippen molar-refractivity contribution < 1.29 is 0 Å². The number of aromatic nitrogens is 2. The minimum Gasteiger partial charge on any atom is -0.384 e. The number of nitrogens with two attached hydrogens (primary N) is 1. The first-order valence-electron chi connectivity index (χ1n) is 5.58. The van der Waals surface area contributed by atoms with Gasteiger partial charge < -0.3 is 5.73 Å². The van der Waals surface area contributed by atoms with Crippen LogP contribution in [0.15, 0.2) is 30.3 Å². The van der Waals surface area contributed by atoms with Crippen LogP contribution in [0, 0.1) is 3.57 Å². The Balaban J connectivity index is 2.44. The van der Waals surface area contributed by atoms with Crippen LogP contribution in [0.1, 0.15) is 19.0 Å². The van der Waals surface area contributed by atoms with Crippen LogP contribution >= 0.6 is 22.6 Å². The molecule has 0 amide bonds. The van der Waals surface area contributed by atoms with Crippen molar-refractivity contribution in [3.63, 3.8) is 0 Å². The maximum atomic E-state index is 5.81. The number of hydrogen-bond donors (Lipinski definition) is 1. The third kappa shape index (κ3) is 3.15. The maximum Gasteiger partial charge on any atom is 0.161 e. The summed E-state index contributed by atoms with van der Waals surface area (Å²) < 4.78 is 1.17. The number of benzene rings is 1. The standard InChI is InChI=1S/C13H14IN3/c1-2-4-11-8-12(15)17-13(16-11)9-5-3-6-10(14)7-9/h3,5-8H,2,4H2,1H3,(H2,15,16,17). The topological polar surface area (TPSA) is 51.8 Å². The summed E-state index contributed by atoms with van der Waals surface area (Å²) >= 11 is 2.28. The van der Waals surface area contributed by atoms with Gasteiger partial charge in [-0.05, 0) is 41.1 Å². The molecule has 1 aromatic heterocycles. The molecule has 3 nitrogen and oxygen atoms in total. The Kier molecular flexibility index (Phi) is 3.93. The van der Waals surface area contributed by atoms with Crippen molar-refractivity contribution in [2.45, 2.75) is 19.8 Å². The fourth-order valence-electron chi connectivity index (χ4n) is 1.66. The minimum atomic E-state index is 0.539. The van der Waals surface area contributed by atoms with Crippen molar-refractivity contribution in [1.82, 2.24) is 9.97 Å². The second-order valence-electron chi connectivity index (χ2n) is 3.87. The second kappa shape index (κ2) is 5.44. The van der Waals surface area contributed by atoms with Crippen LogP contribution in [0.5, 0.6) is 0 Å². The summed E-state index contributed by atoms with van der Waals surface area (Å²) in [5.74, 6) is 1.25. The molecule has 0 spiro atoms. The van der Waals surface area contributed by atoms with Gasteiger partial charge in [0, 0.05) is 20.9 Å². The van der Waals surface area contributed by atoms with Crippen LogP contribution in [-0.2, 0) is 6.42 Å². The summed E-state index contributed by atoms with van der Waals surface area (Å²) in [4.78, 5) is 8.83. The SMILES string of the molecule is CCCc1cc(N)nc(-c2cccc(I)c2)n1. The first kappa shape index (κ1) is 12.3. The van der Waals surface area contributed by atoms with Crippen molar-refractivity contribution in [3.8, 4) is 11.4 Å². The van der Waals surface area contributed by atoms with E-state index in [1.807, 2.05) is 24.3 Å². The van der Waals surface area contributed by atoms with Gasteiger partial charge in [0.05, 0.1) is 0 Å². The smallest absolute Gasteiger partial charge is 0.161 e. The predicted molar refractivity (Wildman–Crippen MR) is 78.6 cm³/mol. The number of aryl methyl sites for hydroxylation is 1. The quantitative estimate of drug-likeness (QED) is 0.873. The van der Waals surface area contributed by atoms with Gasteiger partial charge in [-0.1, -0.05) is 25.5 Å². The molecule has 2 N–H and O–H groups in total. The summed E-state index contributed by atoms with van der Waals surface area (Å²) in [7, 11) is 0. The molecule has 2 rings (SSSR count). The molecule has 0 bridgehead atoms. The molecule has 0 radical (unpaired) electrons. The molecular weight excluding hydrogens is 325 g/mol. The molecule has 1 heterocycles. The Morgan fingerprint density at radius 2 is 2.06 bits per heavy atom. The van der Waals surface area contributed by atoms with E-state index in [0.29, 0.717) is 11.6 Å². The number of rotatable bonds is 3. The van der Waals surface area contributed by atoms with E-state index in [0.717, 1.165) is 24.1 Å². The van der Waals surface area contributed by atoms with Gasteiger partial charge in [-0.2, -0.15) is 0 Å². The molecule has 1 aromatic carbocycles. The predicted octanol–water partition coefficient (Wildman–Crippen LogP) is 3.28. The molecule has 4 heteroatoms. The lowest BCUT2D eigenvalue weighted by Crippen LogP contribution is -2.00. The third-order valence-corrected chi connectivity index (χ3v) is 3.06. The van der Waals surface area contributed by atoms with Crippen LogP contribution in [0.4, 0.5) is 5.82 Å². The molecule has 0 fully saturated rings. The molecule has 0 unspecified atom stereocenters. The molecule has 2 aromatic rings. The molecule has 17 heavy (non-hydrogen) atoms. The fraction of sp³-hybridized carbons (Fsp3) is 0.231. The third-order valence-electron chi connectivity index (χ3n) is 2.39. The normalized spacial score (nSPS) is 10.5. The van der Waals surface area contributed by atoms with Crippen molar-refractivity contribution in [1.29, 1.82) is 0 Å². The highest BCUT2D eigenvalue weighted by atomic mass is 127. The Bertz CT molecular complexity index is 526. The number of halogens is 1. The van der Waals surface area contributed by atoms with Crippen LogP contribution in [-0.4, -0.2) is 9.97 Å². The lowest BCUT2D eigenvalue weighted by atomic mass is 10.2. The zero-order chi connectivity index (χ0) is 12.3. The van der Waals surface area contributed by atoms with Crippen LogP contribution in [0.25, 0.3) is 11.4 Å². The fourth-order valence-corrected chi connectivity index (χ4v) is 2.20. The average Bonchev–Trinajstić information content (AvgIpc) is 2.28. The summed E-state index contributed by atoms with van der Waals surface area (Å²) in [5, 5.41) is 0. The molecule has 88 valence electrons. The van der Waals surface area contributed by atoms with Gasteiger partial charge in [-0.25, -0.2) is 9.97 Å². The molecule has 0 saturated heterocycles. The highest BCUT2D eigenvalue weighted by Gasteiger charge is 2.05. The van der Waals surface area contributed by atoms with E-state index in [2.05, 4.69) is 45.5 Å². The van der Waals surface area contributed by atoms with Crippen molar-refractivity contribution in [2.24, 2.45) is 0 Å². The Labute approximate surface area is 115 Å². The van der Waals surface area contributed by atoms with Crippen molar-refractivity contribution >= 4 is 28.4 Å². The molecule has 0 saturated carbocycles. The maximum absolute atomic E-state index is 5.81. The number of hydrogen-bond acceptors (Lipinski definition) is 3. The number of nitrogens with zero attached hydrogens (tertiary/aromatic N) is 2. The van der Waals surface area contributed by atoms with E-state index in [-0.39, 0.29) is 0 Å². The van der Waals surface area contributed by atoms with Gasteiger partial charge in [0.1, 0.15) is 5.82 Å². The average molecular weight is 339 g/mol. The van der Waals surface area contributed by atoms with Gasteiger partial charge in [0.2, 0.25) is 0 Å². The summed E-state index contributed by atoms with van der Waals surface area (Å²) in [6.07, 6.45) is 1.99. The largest absolute Gasteiger partial charge is 0.384 e. The highest BCUT2D eigenvalue weighted by Crippen LogP contribution is 2.19. The van der Waals surface area contributed by atoms with Crippen LogP contribution in [0.2, 0.25) is 0 Å². The number of nitrogen functional groups attached to an aromatic ring is 1. The lowest BCUT2D eigenvalue weighted by molar-refractivity contribution is 0.877. The van der Waals surface area contributed by atoms with Crippen LogP contribution in [0.3, 0.4) is 0 Å². The Morgan fingerprint density at radius 3 is 2.76 bits per heavy atom. The molecule has 0 aliphatic heterocycles. The zero-order valence-electron chi connectivity index (χ0n) is 9.65. The van der Waals surface area contributed by atoms with Gasteiger partial charge in [0.25, 0.3) is 0 Å². The van der Waals surface area contributed by atoms with E-state index in [1.165, 1.54) is 3.57 Å². The Hall–Kier alpha value is -1.17. The summed E-state index contributed by atoms with van der Waals surface area (Å²) in [5.41, 5.74) is 7.84. The second-order valence-corrected chi connectivity index (χ2v) is 5.11. The summed E-state index contributed by atoms with van der Waals surface area (Å²) in [6.45, 7) is 2.13. The van der Waals surface area contributed by atoms with Gasteiger partial charge in [-0.3, -0.25) is 0 Å². The first-order valence-corrected chi connectivity index (χ1v) is 6.66. The zero-order valence-corrected chi connectivity index (χ0v) is 11.8. The van der Waals surface area contributed by atoms with Gasteiger partial charge in [-0.15, -0.1) is 0 Å². The molecule has 0 atom stereocenters. The van der Waals surface area contributed by atoms with E-state index in [1.54, 1.807) is 0 Å². The van der Waals surface area contributed by atoms with E-state index >= 15 is 0 Å². The molecule has 0 aliphatic carbocycles.